The number of benzene rings is 2. The molecule has 0 aliphatic carbocycles. The van der Waals surface area contributed by atoms with Gasteiger partial charge < -0.3 is 23.5 Å². The summed E-state index contributed by atoms with van der Waals surface area (Å²) in [6.07, 6.45) is 0. The number of methoxy groups -OCH3 is 3. The Morgan fingerprint density at radius 3 is 2.55 bits per heavy atom. The van der Waals surface area contributed by atoms with Crippen molar-refractivity contribution in [1.29, 1.82) is 0 Å². The Labute approximate surface area is 173 Å². The van der Waals surface area contributed by atoms with E-state index in [0.717, 1.165) is 16.0 Å². The van der Waals surface area contributed by atoms with Gasteiger partial charge in [-0.25, -0.2) is 0 Å². The Morgan fingerprint density at radius 2 is 1.86 bits per heavy atom. The van der Waals surface area contributed by atoms with Crippen LogP contribution in [0.5, 0.6) is 17.2 Å². The molecular formula is C21H24N2O5S. The third-order valence-corrected chi connectivity index (χ3v) is 5.36. The molecule has 0 aliphatic rings. The highest BCUT2D eigenvalue weighted by molar-refractivity contribution is 7.16. The zero-order valence-electron chi connectivity index (χ0n) is 16.9. The summed E-state index contributed by atoms with van der Waals surface area (Å²) < 4.78 is 24.3. The highest BCUT2D eigenvalue weighted by atomic mass is 32.1. The van der Waals surface area contributed by atoms with Gasteiger partial charge in [0.15, 0.2) is 4.80 Å². The van der Waals surface area contributed by atoms with Crippen molar-refractivity contribution in [2.75, 3.05) is 34.5 Å². The first kappa shape index (κ1) is 20.9. The molecule has 0 N–H and O–H groups in total. The lowest BCUT2D eigenvalue weighted by atomic mass is 10.2. The van der Waals surface area contributed by atoms with Crippen LogP contribution in [-0.4, -0.2) is 45.0 Å². The third-order valence-electron chi connectivity index (χ3n) is 4.32. The van der Waals surface area contributed by atoms with Crippen molar-refractivity contribution >= 4 is 27.5 Å². The fraction of sp³-hybridized carbons (Fsp3) is 0.333. The van der Waals surface area contributed by atoms with Crippen molar-refractivity contribution in [2.45, 2.75) is 13.5 Å². The Balaban J connectivity index is 2.11. The fourth-order valence-corrected chi connectivity index (χ4v) is 4.01. The van der Waals surface area contributed by atoms with Crippen LogP contribution in [-0.2, 0) is 11.3 Å². The molecule has 0 bridgehead atoms. The van der Waals surface area contributed by atoms with E-state index < -0.39 is 5.91 Å². The largest absolute Gasteiger partial charge is 0.497 e. The van der Waals surface area contributed by atoms with Gasteiger partial charge >= 0.3 is 0 Å². The van der Waals surface area contributed by atoms with Crippen molar-refractivity contribution in [3.05, 3.63) is 46.8 Å². The van der Waals surface area contributed by atoms with E-state index in [9.17, 15) is 4.79 Å². The molecule has 8 heteroatoms. The quantitative estimate of drug-likeness (QED) is 0.562. The maximum atomic E-state index is 13.0. The summed E-state index contributed by atoms with van der Waals surface area (Å²) >= 11 is 1.43. The maximum absolute atomic E-state index is 13.0. The first-order valence-corrected chi connectivity index (χ1v) is 9.99. The molecular weight excluding hydrogens is 392 g/mol. The minimum atomic E-state index is -0.400. The van der Waals surface area contributed by atoms with E-state index in [1.165, 1.54) is 18.4 Å². The van der Waals surface area contributed by atoms with Crippen LogP contribution in [0.4, 0.5) is 0 Å². The molecule has 0 radical (unpaired) electrons. The van der Waals surface area contributed by atoms with Gasteiger partial charge in [0.05, 0.1) is 43.2 Å². The van der Waals surface area contributed by atoms with Gasteiger partial charge in [0.2, 0.25) is 0 Å². The number of carbonyl (C=O) groups is 1. The average Bonchev–Trinajstić information content (AvgIpc) is 3.07. The minimum Gasteiger partial charge on any atom is -0.497 e. The number of thiazole rings is 1. The molecule has 1 amide bonds. The number of fused-ring (bicyclic) bond motifs is 1. The number of aromatic nitrogens is 1. The van der Waals surface area contributed by atoms with Crippen LogP contribution >= 0.6 is 11.3 Å². The molecule has 0 aliphatic heterocycles. The van der Waals surface area contributed by atoms with E-state index in [0.29, 0.717) is 41.6 Å². The van der Waals surface area contributed by atoms with Crippen molar-refractivity contribution in [2.24, 2.45) is 4.99 Å². The third kappa shape index (κ3) is 4.60. The molecule has 1 heterocycles. The summed E-state index contributed by atoms with van der Waals surface area (Å²) in [7, 11) is 4.71. The van der Waals surface area contributed by atoms with Gasteiger partial charge in [-0.1, -0.05) is 11.3 Å². The van der Waals surface area contributed by atoms with Crippen molar-refractivity contribution in [1.82, 2.24) is 4.57 Å². The molecule has 7 nitrogen and oxygen atoms in total. The van der Waals surface area contributed by atoms with Crippen LogP contribution in [0, 0.1) is 0 Å². The normalized spacial score (nSPS) is 11.7. The molecule has 2 aromatic carbocycles. The number of carbonyl (C=O) groups excluding carboxylic acids is 1. The number of amides is 1. The summed E-state index contributed by atoms with van der Waals surface area (Å²) in [6.45, 7) is 3.61. The highest BCUT2D eigenvalue weighted by Crippen LogP contribution is 2.26. The molecule has 0 atom stereocenters. The Morgan fingerprint density at radius 1 is 1.07 bits per heavy atom. The Bertz CT molecular complexity index is 1070. The van der Waals surface area contributed by atoms with Gasteiger partial charge in [-0.15, -0.1) is 0 Å². The molecule has 0 unspecified atom stereocenters. The van der Waals surface area contributed by atoms with E-state index >= 15 is 0 Å². The summed E-state index contributed by atoms with van der Waals surface area (Å²) in [6, 6.07) is 10.9. The number of hydrogen-bond donors (Lipinski definition) is 0. The number of nitrogens with zero attached hydrogens (tertiary/aromatic N) is 2. The zero-order valence-corrected chi connectivity index (χ0v) is 17.7. The SMILES string of the molecule is CCOc1ccc2c(c1)sc(=NC(=O)c1cc(OC)ccc1OC)n2CCOC. The van der Waals surface area contributed by atoms with E-state index in [4.69, 9.17) is 18.9 Å². The van der Waals surface area contributed by atoms with Crippen LogP contribution in [0.25, 0.3) is 10.2 Å². The summed E-state index contributed by atoms with van der Waals surface area (Å²) in [5.41, 5.74) is 1.32. The molecule has 0 fully saturated rings. The second kappa shape index (κ2) is 9.58. The lowest BCUT2D eigenvalue weighted by molar-refractivity contribution is 0.0994. The fourth-order valence-electron chi connectivity index (χ4n) is 2.92. The molecule has 0 saturated carbocycles. The minimum absolute atomic E-state index is 0.345. The van der Waals surface area contributed by atoms with Gasteiger partial charge in [-0.05, 0) is 43.3 Å². The Kier molecular flexibility index (Phi) is 6.90. The second-order valence-corrected chi connectivity index (χ2v) is 7.08. The highest BCUT2D eigenvalue weighted by Gasteiger charge is 2.15. The van der Waals surface area contributed by atoms with Crippen LogP contribution in [0.15, 0.2) is 41.4 Å². The first-order valence-electron chi connectivity index (χ1n) is 9.17. The molecule has 0 saturated heterocycles. The monoisotopic (exact) mass is 416 g/mol. The van der Waals surface area contributed by atoms with E-state index in [2.05, 4.69) is 4.99 Å². The first-order chi connectivity index (χ1) is 14.1. The number of rotatable bonds is 8. The smallest absolute Gasteiger partial charge is 0.283 e. The van der Waals surface area contributed by atoms with Gasteiger partial charge in [0.1, 0.15) is 17.2 Å². The van der Waals surface area contributed by atoms with Crippen molar-refractivity contribution in [3.8, 4) is 17.2 Å². The van der Waals surface area contributed by atoms with Gasteiger partial charge in [-0.2, -0.15) is 4.99 Å². The van der Waals surface area contributed by atoms with E-state index in [1.807, 2.05) is 29.7 Å². The number of hydrogen-bond acceptors (Lipinski definition) is 6. The van der Waals surface area contributed by atoms with Crippen LogP contribution in [0.1, 0.15) is 17.3 Å². The molecule has 3 rings (SSSR count). The van der Waals surface area contributed by atoms with Gasteiger partial charge in [0.25, 0.3) is 5.91 Å². The van der Waals surface area contributed by atoms with E-state index in [1.54, 1.807) is 32.4 Å². The lowest BCUT2D eigenvalue weighted by Gasteiger charge is -2.08. The predicted molar refractivity (Wildman–Crippen MR) is 112 cm³/mol. The molecule has 3 aromatic rings. The Hall–Kier alpha value is -2.84. The molecule has 154 valence electrons. The van der Waals surface area contributed by atoms with Crippen molar-refractivity contribution in [3.63, 3.8) is 0 Å². The molecule has 0 spiro atoms. The zero-order chi connectivity index (χ0) is 20.8. The van der Waals surface area contributed by atoms with Crippen molar-refractivity contribution < 1.29 is 23.7 Å². The topological polar surface area (TPSA) is 71.3 Å². The summed E-state index contributed by atoms with van der Waals surface area (Å²) in [5.74, 6) is 1.40. The molecule has 1 aromatic heterocycles. The average molecular weight is 416 g/mol. The van der Waals surface area contributed by atoms with Gasteiger partial charge in [0, 0.05) is 13.7 Å². The number of ether oxygens (including phenoxy) is 4. The summed E-state index contributed by atoms with van der Waals surface area (Å²) in [4.78, 5) is 17.9. The predicted octanol–water partition coefficient (Wildman–Crippen LogP) is 3.51. The second-order valence-electron chi connectivity index (χ2n) is 6.07. The lowest BCUT2D eigenvalue weighted by Crippen LogP contribution is -2.19. The maximum Gasteiger partial charge on any atom is 0.283 e. The standard InChI is InChI=1S/C21H24N2O5S/c1-5-28-15-6-8-17-19(13-15)29-21(23(17)10-11-25-2)22-20(24)16-12-14(26-3)7-9-18(16)27-4/h6-9,12-13H,5,10-11H2,1-4H3. The van der Waals surface area contributed by atoms with Crippen LogP contribution in [0.3, 0.4) is 0 Å². The summed E-state index contributed by atoms with van der Waals surface area (Å²) in [5, 5.41) is 0. The van der Waals surface area contributed by atoms with Crippen LogP contribution < -0.4 is 19.0 Å². The molecule has 29 heavy (non-hydrogen) atoms. The van der Waals surface area contributed by atoms with Gasteiger partial charge in [-0.3, -0.25) is 4.79 Å². The van der Waals surface area contributed by atoms with Crippen LogP contribution in [0.2, 0.25) is 0 Å². The van der Waals surface area contributed by atoms with E-state index in [-0.39, 0.29) is 0 Å².